The highest BCUT2D eigenvalue weighted by Crippen LogP contribution is 2.21. The maximum Gasteiger partial charge on any atom is 0.146 e. The maximum atomic E-state index is 13.6. The Morgan fingerprint density at radius 3 is 3.11 bits per heavy atom. The highest BCUT2D eigenvalue weighted by Gasteiger charge is 2.15. The number of rotatable bonds is 4. The molecule has 2 atom stereocenters. The van der Waals surface area contributed by atoms with Crippen LogP contribution in [0.15, 0.2) is 18.2 Å². The van der Waals surface area contributed by atoms with E-state index in [4.69, 9.17) is 11.6 Å². The third kappa shape index (κ3) is 4.66. The molecule has 0 aromatic heterocycles. The molecule has 19 heavy (non-hydrogen) atoms. The molecule has 1 aromatic rings. The van der Waals surface area contributed by atoms with Crippen LogP contribution in [0.1, 0.15) is 39.0 Å². The Bertz CT molecular complexity index is 403. The van der Waals surface area contributed by atoms with E-state index in [1.807, 2.05) is 0 Å². The van der Waals surface area contributed by atoms with Crippen molar-refractivity contribution >= 4 is 17.3 Å². The molecule has 0 saturated carbocycles. The minimum absolute atomic E-state index is 0.226. The number of hydrogen-bond acceptors (Lipinski definition) is 2. The molecule has 0 radical (unpaired) electrons. The van der Waals surface area contributed by atoms with Crippen molar-refractivity contribution in [3.8, 4) is 0 Å². The van der Waals surface area contributed by atoms with Gasteiger partial charge in [-0.2, -0.15) is 0 Å². The van der Waals surface area contributed by atoms with Crippen LogP contribution in [-0.4, -0.2) is 18.6 Å². The highest BCUT2D eigenvalue weighted by atomic mass is 35.5. The summed E-state index contributed by atoms with van der Waals surface area (Å²) in [5.41, 5.74) is 0.494. The van der Waals surface area contributed by atoms with Crippen LogP contribution < -0.4 is 10.6 Å². The predicted octanol–water partition coefficient (Wildman–Crippen LogP) is 4.20. The third-order valence-electron chi connectivity index (χ3n) is 3.63. The summed E-state index contributed by atoms with van der Waals surface area (Å²) in [4.78, 5) is 0. The molecule has 2 N–H and O–H groups in total. The molecule has 2 rings (SSSR count). The van der Waals surface area contributed by atoms with E-state index in [0.717, 1.165) is 13.0 Å². The van der Waals surface area contributed by atoms with Crippen LogP contribution >= 0.6 is 11.6 Å². The Balaban J connectivity index is 1.89. The lowest BCUT2D eigenvalue weighted by Crippen LogP contribution is -2.33. The first-order chi connectivity index (χ1) is 9.15. The van der Waals surface area contributed by atoms with Gasteiger partial charge in [0.2, 0.25) is 0 Å². The fraction of sp³-hybridized carbons (Fsp3) is 0.600. The number of halogens is 2. The van der Waals surface area contributed by atoms with Gasteiger partial charge in [-0.05, 0) is 50.9 Å². The van der Waals surface area contributed by atoms with Gasteiger partial charge in [-0.15, -0.1) is 0 Å². The Morgan fingerprint density at radius 1 is 1.42 bits per heavy atom. The smallest absolute Gasteiger partial charge is 0.146 e. The molecule has 1 fully saturated rings. The van der Waals surface area contributed by atoms with E-state index >= 15 is 0 Å². The first-order valence-electron chi connectivity index (χ1n) is 7.10. The number of nitrogens with one attached hydrogen (secondary N) is 2. The molecule has 2 unspecified atom stereocenters. The van der Waals surface area contributed by atoms with Gasteiger partial charge in [0, 0.05) is 17.1 Å². The molecule has 0 aliphatic carbocycles. The standard InChI is InChI=1S/C15H22ClFN2/c1-11(9-13-5-3-2-4-8-18-13)19-15-10-12(16)6-7-14(15)17/h6-7,10-11,13,18-19H,2-5,8-9H2,1H3. The summed E-state index contributed by atoms with van der Waals surface area (Å²) < 4.78 is 13.6. The van der Waals surface area contributed by atoms with Gasteiger partial charge in [0.25, 0.3) is 0 Å². The third-order valence-corrected chi connectivity index (χ3v) is 3.87. The SMILES string of the molecule is CC(CC1CCCCCN1)Nc1cc(Cl)ccc1F. The number of benzene rings is 1. The van der Waals surface area contributed by atoms with Gasteiger partial charge in [0.05, 0.1) is 5.69 Å². The molecule has 0 bridgehead atoms. The molecule has 1 aliphatic rings. The molecule has 1 aliphatic heterocycles. The van der Waals surface area contributed by atoms with E-state index in [0.29, 0.717) is 16.8 Å². The number of anilines is 1. The zero-order chi connectivity index (χ0) is 13.7. The monoisotopic (exact) mass is 284 g/mol. The fourth-order valence-corrected chi connectivity index (χ4v) is 2.83. The van der Waals surface area contributed by atoms with Crippen molar-refractivity contribution < 1.29 is 4.39 Å². The molecular formula is C15H22ClFN2. The van der Waals surface area contributed by atoms with Gasteiger partial charge in [-0.1, -0.05) is 24.4 Å². The van der Waals surface area contributed by atoms with Crippen molar-refractivity contribution in [2.45, 2.75) is 51.1 Å². The Kier molecular flexibility index (Phi) is 5.46. The molecular weight excluding hydrogens is 263 g/mol. The van der Waals surface area contributed by atoms with Crippen LogP contribution in [0.25, 0.3) is 0 Å². The van der Waals surface area contributed by atoms with E-state index < -0.39 is 0 Å². The van der Waals surface area contributed by atoms with E-state index in [1.54, 1.807) is 12.1 Å². The normalized spacial score (nSPS) is 21.7. The summed E-state index contributed by atoms with van der Waals surface area (Å²) in [7, 11) is 0. The summed E-state index contributed by atoms with van der Waals surface area (Å²) in [6.07, 6.45) is 6.08. The first kappa shape index (κ1) is 14.6. The van der Waals surface area contributed by atoms with Gasteiger partial charge >= 0.3 is 0 Å². The largest absolute Gasteiger partial charge is 0.380 e. The van der Waals surface area contributed by atoms with Gasteiger partial charge in [-0.25, -0.2) is 4.39 Å². The molecule has 106 valence electrons. The van der Waals surface area contributed by atoms with Crippen LogP contribution in [-0.2, 0) is 0 Å². The lowest BCUT2D eigenvalue weighted by Gasteiger charge is -2.22. The zero-order valence-corrected chi connectivity index (χ0v) is 12.1. The second-order valence-corrected chi connectivity index (χ2v) is 5.84. The molecule has 0 amide bonds. The number of hydrogen-bond donors (Lipinski definition) is 2. The summed E-state index contributed by atoms with van der Waals surface area (Å²) in [5, 5.41) is 7.34. The minimum atomic E-state index is -0.245. The quantitative estimate of drug-likeness (QED) is 0.866. The van der Waals surface area contributed by atoms with Gasteiger partial charge < -0.3 is 10.6 Å². The first-order valence-corrected chi connectivity index (χ1v) is 7.48. The maximum absolute atomic E-state index is 13.6. The summed E-state index contributed by atoms with van der Waals surface area (Å²) >= 11 is 5.89. The lowest BCUT2D eigenvalue weighted by molar-refractivity contribution is 0.455. The second-order valence-electron chi connectivity index (χ2n) is 5.41. The zero-order valence-electron chi connectivity index (χ0n) is 11.4. The lowest BCUT2D eigenvalue weighted by atomic mass is 10.0. The minimum Gasteiger partial charge on any atom is -0.380 e. The van der Waals surface area contributed by atoms with E-state index in [2.05, 4.69) is 17.6 Å². The van der Waals surface area contributed by atoms with Crippen molar-refractivity contribution in [3.05, 3.63) is 29.0 Å². The van der Waals surface area contributed by atoms with E-state index in [1.165, 1.54) is 31.7 Å². The molecule has 1 aromatic carbocycles. The van der Waals surface area contributed by atoms with Gasteiger partial charge in [0.1, 0.15) is 5.82 Å². The fourth-order valence-electron chi connectivity index (χ4n) is 2.66. The second kappa shape index (κ2) is 7.11. The summed E-state index contributed by atoms with van der Waals surface area (Å²) in [5.74, 6) is -0.245. The average Bonchev–Trinajstić information content (AvgIpc) is 2.62. The predicted molar refractivity (Wildman–Crippen MR) is 79.4 cm³/mol. The van der Waals surface area contributed by atoms with Crippen molar-refractivity contribution in [2.75, 3.05) is 11.9 Å². The molecule has 2 nitrogen and oxygen atoms in total. The highest BCUT2D eigenvalue weighted by molar-refractivity contribution is 6.30. The van der Waals surface area contributed by atoms with Crippen molar-refractivity contribution in [2.24, 2.45) is 0 Å². The van der Waals surface area contributed by atoms with Gasteiger partial charge in [-0.3, -0.25) is 0 Å². The molecule has 0 spiro atoms. The van der Waals surface area contributed by atoms with Crippen molar-refractivity contribution in [1.29, 1.82) is 0 Å². The molecule has 1 heterocycles. The van der Waals surface area contributed by atoms with E-state index in [9.17, 15) is 4.39 Å². The van der Waals surface area contributed by atoms with Crippen LogP contribution in [0.4, 0.5) is 10.1 Å². The van der Waals surface area contributed by atoms with Crippen LogP contribution in [0.5, 0.6) is 0 Å². The van der Waals surface area contributed by atoms with E-state index in [-0.39, 0.29) is 11.9 Å². The molecule has 4 heteroatoms. The summed E-state index contributed by atoms with van der Waals surface area (Å²) in [6, 6.07) is 5.38. The van der Waals surface area contributed by atoms with Crippen LogP contribution in [0.3, 0.4) is 0 Å². The van der Waals surface area contributed by atoms with Crippen LogP contribution in [0, 0.1) is 5.82 Å². The van der Waals surface area contributed by atoms with Crippen molar-refractivity contribution in [1.82, 2.24) is 5.32 Å². The van der Waals surface area contributed by atoms with Gasteiger partial charge in [0.15, 0.2) is 0 Å². The summed E-state index contributed by atoms with van der Waals surface area (Å²) in [6.45, 7) is 3.19. The average molecular weight is 285 g/mol. The molecule has 1 saturated heterocycles. The van der Waals surface area contributed by atoms with Crippen molar-refractivity contribution in [3.63, 3.8) is 0 Å². The Hall–Kier alpha value is -0.800. The Morgan fingerprint density at radius 2 is 2.26 bits per heavy atom. The Labute approximate surface area is 119 Å². The van der Waals surface area contributed by atoms with Crippen LogP contribution in [0.2, 0.25) is 5.02 Å². The topological polar surface area (TPSA) is 24.1 Å².